The number of halogens is 2. The lowest BCUT2D eigenvalue weighted by Crippen LogP contribution is -2.46. The molecule has 4 aromatic carbocycles. The highest BCUT2D eigenvalue weighted by molar-refractivity contribution is 6.02. The number of unbranched alkanes of at least 4 members (excludes halogenated alkanes) is 1. The molecule has 2 saturated heterocycles. The molecule has 0 bridgehead atoms. The average molecular weight is 939 g/mol. The molecule has 2 atom stereocenters. The summed E-state index contributed by atoms with van der Waals surface area (Å²) in [6, 6.07) is 18.2. The number of rotatable bonds is 15. The summed E-state index contributed by atoms with van der Waals surface area (Å²) >= 11 is 0. The first-order valence-electron chi connectivity index (χ1n) is 25.5. The van der Waals surface area contributed by atoms with Crippen molar-refractivity contribution in [3.05, 3.63) is 112 Å². The average Bonchev–Trinajstić information content (AvgIpc) is 4.11. The van der Waals surface area contributed by atoms with E-state index < -0.39 is 0 Å². The Hall–Kier alpha value is -5.70. The predicted octanol–water partition coefficient (Wildman–Crippen LogP) is 9.25. The van der Waals surface area contributed by atoms with Gasteiger partial charge in [0.2, 0.25) is 11.8 Å². The number of hydrogen-bond acceptors (Lipinski definition) is 10. The number of carbonyl (C=O) groups is 2. The van der Waals surface area contributed by atoms with Gasteiger partial charge in [-0.25, -0.2) is 8.78 Å². The zero-order valence-electron chi connectivity index (χ0n) is 39.2. The summed E-state index contributed by atoms with van der Waals surface area (Å²) in [6.07, 6.45) is 10.2. The topological polar surface area (TPSA) is 118 Å². The van der Waals surface area contributed by atoms with Gasteiger partial charge in [-0.1, -0.05) is 22.4 Å². The van der Waals surface area contributed by atoms with Crippen molar-refractivity contribution < 1.29 is 36.9 Å². The Morgan fingerprint density at radius 1 is 0.609 bits per heavy atom. The van der Waals surface area contributed by atoms with E-state index in [0.29, 0.717) is 75.2 Å². The Balaban J connectivity index is 0.648. The van der Waals surface area contributed by atoms with Crippen molar-refractivity contribution in [2.75, 3.05) is 82.0 Å². The molecule has 0 spiro atoms. The van der Waals surface area contributed by atoms with Gasteiger partial charge in [-0.3, -0.25) is 9.59 Å². The zero-order chi connectivity index (χ0) is 46.6. The van der Waals surface area contributed by atoms with Crippen LogP contribution in [0.1, 0.15) is 108 Å². The van der Waals surface area contributed by atoms with Gasteiger partial charge in [0, 0.05) is 66.7 Å². The minimum Gasteiger partial charge on any atom is -0.494 e. The van der Waals surface area contributed by atoms with Crippen LogP contribution in [0, 0.1) is 17.6 Å². The lowest BCUT2D eigenvalue weighted by atomic mass is 9.73. The van der Waals surface area contributed by atoms with Crippen molar-refractivity contribution in [3.8, 4) is 5.75 Å². The van der Waals surface area contributed by atoms with E-state index in [1.165, 1.54) is 41.0 Å². The van der Waals surface area contributed by atoms with Gasteiger partial charge in [0.1, 0.15) is 17.4 Å². The molecule has 2 fully saturated rings. The van der Waals surface area contributed by atoms with Gasteiger partial charge < -0.3 is 38.1 Å². The number of carbonyl (C=O) groups excluding carboxylic acids is 2. The molecule has 0 saturated carbocycles. The van der Waals surface area contributed by atoms with E-state index in [0.717, 1.165) is 147 Å². The molecular formula is C55H60F2N6O6. The standard InChI is InChI=1S/C55H60F2N6O6/c56-40-4-6-44-48(31-40)68-58-51(44)35-9-17-60(18-10-35)16-1-2-24-67-42-29-37-3-8-50(64)62-22-14-43(46(33-42)54(37)62)47-30-39-28-34(27-38-13-21-63(53(38)39)55(47)65)15-25-66-26-23-61-19-11-36(12-20-61)52-45-7-5-41(57)32-49(45)69-59-52/h4-7,27-29,31-33,35-36,43,47H,1-3,8-26,30H2. The number of ether oxygens (including phenoxy) is 2. The van der Waals surface area contributed by atoms with Crippen LogP contribution in [0.3, 0.4) is 0 Å². The van der Waals surface area contributed by atoms with Crippen molar-refractivity contribution in [3.63, 3.8) is 0 Å². The van der Waals surface area contributed by atoms with E-state index in [1.54, 1.807) is 12.1 Å². The highest BCUT2D eigenvalue weighted by atomic mass is 19.1. The van der Waals surface area contributed by atoms with Crippen LogP contribution in [-0.4, -0.2) is 104 Å². The van der Waals surface area contributed by atoms with E-state index in [4.69, 9.17) is 18.5 Å². The molecule has 2 aromatic heterocycles. The first-order valence-corrected chi connectivity index (χ1v) is 25.5. The van der Waals surface area contributed by atoms with E-state index in [2.05, 4.69) is 49.3 Å². The molecule has 6 aromatic rings. The molecule has 2 amide bonds. The van der Waals surface area contributed by atoms with Crippen molar-refractivity contribution >= 4 is 45.1 Å². The maximum Gasteiger partial charge on any atom is 0.231 e. The number of hydrogen-bond donors (Lipinski definition) is 0. The maximum absolute atomic E-state index is 14.5. The summed E-state index contributed by atoms with van der Waals surface area (Å²) < 4.78 is 51.0. The molecule has 0 aliphatic carbocycles. The molecule has 0 radical (unpaired) electrons. The molecule has 6 aliphatic rings. The van der Waals surface area contributed by atoms with E-state index in [1.807, 2.05) is 4.90 Å². The zero-order valence-corrected chi connectivity index (χ0v) is 39.2. The fourth-order valence-electron chi connectivity index (χ4n) is 12.7. The molecule has 12 rings (SSSR count). The van der Waals surface area contributed by atoms with Crippen LogP contribution in [0.4, 0.5) is 20.2 Å². The maximum atomic E-state index is 14.5. The van der Waals surface area contributed by atoms with Crippen LogP contribution in [0.15, 0.2) is 69.7 Å². The number of piperidine rings is 2. The number of fused-ring (bicyclic) bond motifs is 2. The predicted molar refractivity (Wildman–Crippen MR) is 258 cm³/mol. The second kappa shape index (κ2) is 18.9. The quantitative estimate of drug-likeness (QED) is 0.0923. The first kappa shape index (κ1) is 44.5. The van der Waals surface area contributed by atoms with Crippen molar-refractivity contribution in [2.45, 2.75) is 94.8 Å². The molecule has 8 heterocycles. The Morgan fingerprint density at radius 2 is 1.28 bits per heavy atom. The normalized spacial score (nSPS) is 21.2. The monoisotopic (exact) mass is 938 g/mol. The van der Waals surface area contributed by atoms with Crippen molar-refractivity contribution in [2.24, 2.45) is 5.92 Å². The lowest BCUT2D eigenvalue weighted by molar-refractivity contribution is -0.123. The van der Waals surface area contributed by atoms with Crippen LogP contribution < -0.4 is 14.5 Å². The molecule has 0 N–H and O–H groups in total. The molecule has 6 aliphatic heterocycles. The minimum absolute atomic E-state index is 0.00888. The van der Waals surface area contributed by atoms with Gasteiger partial charge in [-0.15, -0.1) is 0 Å². The van der Waals surface area contributed by atoms with E-state index >= 15 is 0 Å². The highest BCUT2D eigenvalue weighted by Crippen LogP contribution is 2.50. The number of likely N-dealkylation sites (tertiary alicyclic amines) is 2. The van der Waals surface area contributed by atoms with Crippen LogP contribution in [0.25, 0.3) is 21.9 Å². The number of benzene rings is 4. The number of anilines is 2. The molecule has 2 unspecified atom stereocenters. The van der Waals surface area contributed by atoms with Crippen LogP contribution >= 0.6 is 0 Å². The number of nitrogens with zero attached hydrogens (tertiary/aromatic N) is 6. The van der Waals surface area contributed by atoms with Gasteiger partial charge in [0.25, 0.3) is 0 Å². The summed E-state index contributed by atoms with van der Waals surface area (Å²) in [4.78, 5) is 36.8. The molecule has 14 heteroatoms. The van der Waals surface area contributed by atoms with Gasteiger partial charge in [-0.2, -0.15) is 0 Å². The molecule has 12 nitrogen and oxygen atoms in total. The summed E-state index contributed by atoms with van der Waals surface area (Å²) in [7, 11) is 0. The van der Waals surface area contributed by atoms with Crippen molar-refractivity contribution in [1.82, 2.24) is 20.1 Å². The third-order valence-corrected chi connectivity index (χ3v) is 16.2. The second-order valence-corrected chi connectivity index (χ2v) is 20.3. The van der Waals surface area contributed by atoms with Crippen molar-refractivity contribution in [1.29, 1.82) is 0 Å². The lowest BCUT2D eigenvalue weighted by Gasteiger charge is -2.43. The van der Waals surface area contributed by atoms with Gasteiger partial charge in [0.15, 0.2) is 11.2 Å². The minimum atomic E-state index is -0.310. The number of aromatic nitrogens is 2. The third-order valence-electron chi connectivity index (χ3n) is 16.2. The molecule has 69 heavy (non-hydrogen) atoms. The molecular weight excluding hydrogens is 879 g/mol. The Labute approximate surface area is 400 Å². The highest BCUT2D eigenvalue weighted by Gasteiger charge is 2.45. The number of aryl methyl sites for hydroxylation is 1. The largest absolute Gasteiger partial charge is 0.494 e. The Kier molecular flexibility index (Phi) is 12.2. The summed E-state index contributed by atoms with van der Waals surface area (Å²) in [5, 5.41) is 10.4. The SMILES string of the molecule is O=C1C(C2CCN3C(=O)CCc4cc(OCCCCN5CCC(c6noc7cc(F)ccc67)CC5)cc2c43)Cc2cc(CCOCCN3CCC(c4noc5cc(F)ccc45)CC3)cc3c2N1CC3. The third kappa shape index (κ3) is 8.71. The van der Waals surface area contributed by atoms with Crippen LogP contribution in [0.5, 0.6) is 5.75 Å². The van der Waals surface area contributed by atoms with E-state index in [-0.39, 0.29) is 35.3 Å². The number of amides is 2. The Bertz CT molecular complexity index is 2900. The smallest absolute Gasteiger partial charge is 0.231 e. The summed E-state index contributed by atoms with van der Waals surface area (Å²) in [6.45, 7) is 9.04. The van der Waals surface area contributed by atoms with Gasteiger partial charge in [0.05, 0.1) is 42.6 Å². The fourth-order valence-corrected chi connectivity index (χ4v) is 12.7. The van der Waals surface area contributed by atoms with Crippen LogP contribution in [0.2, 0.25) is 0 Å². The summed E-state index contributed by atoms with van der Waals surface area (Å²) in [5.74, 6) is 0.997. The Morgan fingerprint density at radius 3 is 1.99 bits per heavy atom. The van der Waals surface area contributed by atoms with Gasteiger partial charge >= 0.3 is 0 Å². The summed E-state index contributed by atoms with van der Waals surface area (Å²) in [5.41, 5.74) is 11.1. The van der Waals surface area contributed by atoms with E-state index in [9.17, 15) is 18.4 Å². The van der Waals surface area contributed by atoms with Crippen LogP contribution in [-0.2, 0) is 40.0 Å². The first-order chi connectivity index (χ1) is 33.8. The van der Waals surface area contributed by atoms with Gasteiger partial charge in [-0.05, 0) is 173 Å². The molecule has 360 valence electrons. The fraction of sp³-hybridized carbons (Fsp3) is 0.491. The second-order valence-electron chi connectivity index (χ2n) is 20.3.